The molecule has 0 saturated heterocycles. The Morgan fingerprint density at radius 3 is 2.25 bits per heavy atom. The van der Waals surface area contributed by atoms with Gasteiger partial charge in [-0.2, -0.15) is 11.3 Å². The van der Waals surface area contributed by atoms with Gasteiger partial charge < -0.3 is 0 Å². The smallest absolute Gasteiger partial charge is 0.131 e. The van der Waals surface area contributed by atoms with E-state index in [9.17, 15) is 4.39 Å². The molecule has 0 bridgehead atoms. The molecule has 0 amide bonds. The van der Waals surface area contributed by atoms with Gasteiger partial charge >= 0.3 is 0 Å². The molecular formula is C17H13FS2. The van der Waals surface area contributed by atoms with E-state index in [1.165, 1.54) is 11.0 Å². The van der Waals surface area contributed by atoms with Gasteiger partial charge in [0, 0.05) is 21.6 Å². The third kappa shape index (κ3) is 2.51. The van der Waals surface area contributed by atoms with Crippen LogP contribution in [0.2, 0.25) is 0 Å². The highest BCUT2D eigenvalue weighted by atomic mass is 32.2. The fourth-order valence-corrected chi connectivity index (χ4v) is 3.44. The van der Waals surface area contributed by atoms with E-state index in [-0.39, 0.29) is 5.82 Å². The predicted octanol–water partition coefficient (Wildman–Crippen LogP) is 5.94. The van der Waals surface area contributed by atoms with E-state index in [1.807, 2.05) is 17.5 Å². The summed E-state index contributed by atoms with van der Waals surface area (Å²) in [4.78, 5) is 1.23. The van der Waals surface area contributed by atoms with E-state index < -0.39 is 0 Å². The maximum absolute atomic E-state index is 14.0. The van der Waals surface area contributed by atoms with Crippen molar-refractivity contribution in [3.05, 3.63) is 65.1 Å². The van der Waals surface area contributed by atoms with E-state index >= 15 is 0 Å². The van der Waals surface area contributed by atoms with Crippen LogP contribution in [-0.2, 0) is 0 Å². The molecule has 2 aromatic carbocycles. The molecule has 0 unspecified atom stereocenters. The van der Waals surface area contributed by atoms with Crippen LogP contribution in [0.15, 0.2) is 64.2 Å². The maximum Gasteiger partial charge on any atom is 0.131 e. The van der Waals surface area contributed by atoms with E-state index in [2.05, 4.69) is 35.9 Å². The number of thiophene rings is 1. The standard InChI is InChI=1S/C17H13FS2/c1-19-13-8-6-12(7-9-13)15-10-20-11-16(15)14-4-2-3-5-17(14)18/h2-11H,1H3. The second kappa shape index (κ2) is 5.81. The fraction of sp³-hybridized carbons (Fsp3) is 0.0588. The zero-order valence-electron chi connectivity index (χ0n) is 11.0. The molecule has 0 saturated carbocycles. The van der Waals surface area contributed by atoms with Gasteiger partial charge in [-0.05, 0) is 40.8 Å². The Labute approximate surface area is 126 Å². The summed E-state index contributed by atoms with van der Waals surface area (Å²) >= 11 is 3.32. The lowest BCUT2D eigenvalue weighted by molar-refractivity contribution is 0.631. The molecule has 1 heterocycles. The summed E-state index contributed by atoms with van der Waals surface area (Å²) in [7, 11) is 0. The molecule has 0 N–H and O–H groups in total. The van der Waals surface area contributed by atoms with Crippen molar-refractivity contribution >= 4 is 23.1 Å². The summed E-state index contributed by atoms with van der Waals surface area (Å²) in [5.74, 6) is -0.173. The predicted molar refractivity (Wildman–Crippen MR) is 86.9 cm³/mol. The van der Waals surface area contributed by atoms with Crippen molar-refractivity contribution in [1.29, 1.82) is 0 Å². The summed E-state index contributed by atoms with van der Waals surface area (Å²) in [6.07, 6.45) is 2.06. The molecule has 3 heteroatoms. The maximum atomic E-state index is 14.0. The first kappa shape index (κ1) is 13.4. The van der Waals surface area contributed by atoms with E-state index in [0.29, 0.717) is 5.56 Å². The van der Waals surface area contributed by atoms with Crippen molar-refractivity contribution in [3.63, 3.8) is 0 Å². The Kier molecular flexibility index (Phi) is 3.90. The highest BCUT2D eigenvalue weighted by Gasteiger charge is 2.11. The van der Waals surface area contributed by atoms with Crippen molar-refractivity contribution in [2.24, 2.45) is 0 Å². The molecule has 0 fully saturated rings. The minimum absolute atomic E-state index is 0.173. The normalized spacial score (nSPS) is 10.7. The molecule has 1 aromatic heterocycles. The van der Waals surface area contributed by atoms with Gasteiger partial charge in [0.25, 0.3) is 0 Å². The number of rotatable bonds is 3. The Hall–Kier alpha value is -1.58. The first-order valence-electron chi connectivity index (χ1n) is 6.25. The van der Waals surface area contributed by atoms with Crippen LogP contribution >= 0.6 is 23.1 Å². The molecule has 0 atom stereocenters. The molecule has 0 aliphatic carbocycles. The molecule has 20 heavy (non-hydrogen) atoms. The number of benzene rings is 2. The van der Waals surface area contributed by atoms with Gasteiger partial charge in [-0.3, -0.25) is 0 Å². The van der Waals surface area contributed by atoms with Crippen LogP contribution in [0.4, 0.5) is 4.39 Å². The number of hydrogen-bond acceptors (Lipinski definition) is 2. The molecule has 3 aromatic rings. The van der Waals surface area contributed by atoms with Crippen LogP contribution < -0.4 is 0 Å². The van der Waals surface area contributed by atoms with Crippen molar-refractivity contribution in [2.45, 2.75) is 4.90 Å². The third-order valence-electron chi connectivity index (χ3n) is 3.23. The Bertz CT molecular complexity index is 714. The Balaban J connectivity index is 2.08. The zero-order valence-corrected chi connectivity index (χ0v) is 12.6. The average molecular weight is 300 g/mol. The second-order valence-corrected chi connectivity index (χ2v) is 6.03. The first-order valence-corrected chi connectivity index (χ1v) is 8.42. The highest BCUT2D eigenvalue weighted by Crippen LogP contribution is 2.36. The lowest BCUT2D eigenvalue weighted by atomic mass is 9.99. The van der Waals surface area contributed by atoms with Crippen LogP contribution in [0.25, 0.3) is 22.3 Å². The number of halogens is 1. The quantitative estimate of drug-likeness (QED) is 0.539. The van der Waals surface area contributed by atoms with Gasteiger partial charge in [0.15, 0.2) is 0 Å². The molecule has 0 spiro atoms. The van der Waals surface area contributed by atoms with Crippen LogP contribution in [-0.4, -0.2) is 6.26 Å². The van der Waals surface area contributed by atoms with Gasteiger partial charge in [0.1, 0.15) is 5.82 Å². The third-order valence-corrected chi connectivity index (χ3v) is 4.71. The Morgan fingerprint density at radius 2 is 1.55 bits per heavy atom. The molecule has 0 aliphatic heterocycles. The second-order valence-electron chi connectivity index (χ2n) is 4.41. The topological polar surface area (TPSA) is 0 Å². The highest BCUT2D eigenvalue weighted by molar-refractivity contribution is 7.98. The van der Waals surface area contributed by atoms with Crippen LogP contribution in [0.1, 0.15) is 0 Å². The van der Waals surface area contributed by atoms with Gasteiger partial charge in [-0.1, -0.05) is 30.3 Å². The summed E-state index contributed by atoms with van der Waals surface area (Å²) in [6, 6.07) is 15.3. The number of thioether (sulfide) groups is 1. The van der Waals surface area contributed by atoms with Crippen molar-refractivity contribution in [1.82, 2.24) is 0 Å². The van der Waals surface area contributed by atoms with Crippen molar-refractivity contribution in [3.8, 4) is 22.3 Å². The van der Waals surface area contributed by atoms with Crippen LogP contribution in [0.3, 0.4) is 0 Å². The van der Waals surface area contributed by atoms with Crippen molar-refractivity contribution in [2.75, 3.05) is 6.26 Å². The minimum atomic E-state index is -0.173. The summed E-state index contributed by atoms with van der Waals surface area (Å²) in [6.45, 7) is 0. The van der Waals surface area contributed by atoms with E-state index in [1.54, 1.807) is 29.2 Å². The summed E-state index contributed by atoms with van der Waals surface area (Å²) in [5.41, 5.74) is 3.85. The van der Waals surface area contributed by atoms with Gasteiger partial charge in [0.2, 0.25) is 0 Å². The molecular weight excluding hydrogens is 287 g/mol. The van der Waals surface area contributed by atoms with E-state index in [4.69, 9.17) is 0 Å². The molecule has 100 valence electrons. The van der Waals surface area contributed by atoms with Gasteiger partial charge in [-0.15, -0.1) is 11.8 Å². The fourth-order valence-electron chi connectivity index (χ4n) is 2.18. The molecule has 3 rings (SSSR count). The van der Waals surface area contributed by atoms with Crippen LogP contribution in [0.5, 0.6) is 0 Å². The van der Waals surface area contributed by atoms with Gasteiger partial charge in [-0.25, -0.2) is 4.39 Å². The Morgan fingerprint density at radius 1 is 0.850 bits per heavy atom. The minimum Gasteiger partial charge on any atom is -0.206 e. The lowest BCUT2D eigenvalue weighted by Crippen LogP contribution is -1.84. The molecule has 0 radical (unpaired) electrons. The van der Waals surface area contributed by atoms with Crippen LogP contribution in [0, 0.1) is 5.82 Å². The van der Waals surface area contributed by atoms with E-state index in [0.717, 1.165) is 16.7 Å². The summed E-state index contributed by atoms with van der Waals surface area (Å²) < 4.78 is 14.0. The molecule has 0 aliphatic rings. The zero-order chi connectivity index (χ0) is 13.9. The first-order chi connectivity index (χ1) is 9.79. The lowest BCUT2D eigenvalue weighted by Gasteiger charge is -2.06. The van der Waals surface area contributed by atoms with Gasteiger partial charge in [0.05, 0.1) is 0 Å². The largest absolute Gasteiger partial charge is 0.206 e. The molecule has 0 nitrogen and oxygen atoms in total. The summed E-state index contributed by atoms with van der Waals surface area (Å²) in [5, 5.41) is 4.09. The monoisotopic (exact) mass is 300 g/mol. The van der Waals surface area contributed by atoms with Crippen molar-refractivity contribution < 1.29 is 4.39 Å². The average Bonchev–Trinajstić information content (AvgIpc) is 2.97. The SMILES string of the molecule is CSc1ccc(-c2cscc2-c2ccccc2F)cc1. The number of hydrogen-bond donors (Lipinski definition) is 0.